The van der Waals surface area contributed by atoms with Crippen LogP contribution in [0, 0.1) is 0 Å². The third-order valence-corrected chi connectivity index (χ3v) is 3.35. The van der Waals surface area contributed by atoms with Crippen LogP contribution >= 0.6 is 8.88 Å². The van der Waals surface area contributed by atoms with E-state index in [1.54, 1.807) is 0 Å². The molecule has 0 spiro atoms. The Kier molecular flexibility index (Phi) is 6.11. The predicted molar refractivity (Wildman–Crippen MR) is 69.3 cm³/mol. The number of nitrogens with zero attached hydrogens (tertiary/aromatic N) is 2. The predicted octanol–water partition coefficient (Wildman–Crippen LogP) is 1.46. The summed E-state index contributed by atoms with van der Waals surface area (Å²) in [5.74, 6) is 0. The third kappa shape index (κ3) is 5.43. The standard InChI is InChI=1S/C11H22N3P/c1-12-8-4-6-11-7-5-9-13(2)15-14(3)10-11/h4,6-7,12,15H,5,8-10H2,1-3H3/b6-4?,11-7+. The average molecular weight is 227 g/mol. The first kappa shape index (κ1) is 12.9. The average Bonchev–Trinajstić information content (AvgIpc) is 2.15. The molecule has 0 aromatic heterocycles. The molecule has 0 aliphatic carbocycles. The molecule has 1 atom stereocenters. The van der Waals surface area contributed by atoms with Crippen molar-refractivity contribution in [3.63, 3.8) is 0 Å². The lowest BCUT2D eigenvalue weighted by Gasteiger charge is -2.26. The Labute approximate surface area is 95.1 Å². The van der Waals surface area contributed by atoms with Crippen LogP contribution in [0.25, 0.3) is 0 Å². The summed E-state index contributed by atoms with van der Waals surface area (Å²) in [6, 6.07) is 0. The van der Waals surface area contributed by atoms with E-state index in [4.69, 9.17) is 0 Å². The number of likely N-dealkylation sites (N-methyl/N-ethyl adjacent to an activating group) is 2. The minimum atomic E-state index is 0.805. The van der Waals surface area contributed by atoms with Crippen LogP contribution in [0.15, 0.2) is 23.8 Å². The molecule has 0 radical (unpaired) electrons. The molecular formula is C11H22N3P. The van der Waals surface area contributed by atoms with Crippen LogP contribution < -0.4 is 5.32 Å². The summed E-state index contributed by atoms with van der Waals surface area (Å²) < 4.78 is 4.75. The second-order valence-corrected chi connectivity index (χ2v) is 5.63. The smallest absolute Gasteiger partial charge is 0.0275 e. The van der Waals surface area contributed by atoms with Crippen molar-refractivity contribution in [2.45, 2.75) is 6.42 Å². The van der Waals surface area contributed by atoms with Gasteiger partial charge in [0.2, 0.25) is 0 Å². The monoisotopic (exact) mass is 227 g/mol. The summed E-state index contributed by atoms with van der Waals surface area (Å²) in [6.07, 6.45) is 7.94. The van der Waals surface area contributed by atoms with Crippen molar-refractivity contribution in [2.75, 3.05) is 40.8 Å². The van der Waals surface area contributed by atoms with E-state index in [9.17, 15) is 0 Å². The number of hydrogen-bond acceptors (Lipinski definition) is 3. The second-order valence-electron chi connectivity index (χ2n) is 3.91. The van der Waals surface area contributed by atoms with Gasteiger partial charge in [-0.05, 0) is 33.1 Å². The lowest BCUT2D eigenvalue weighted by Crippen LogP contribution is -2.21. The molecule has 1 unspecified atom stereocenters. The summed E-state index contributed by atoms with van der Waals surface area (Å²) in [7, 11) is 7.14. The molecule has 0 fully saturated rings. The van der Waals surface area contributed by atoms with Crippen LogP contribution in [-0.2, 0) is 0 Å². The van der Waals surface area contributed by atoms with Crippen molar-refractivity contribution in [3.05, 3.63) is 23.8 Å². The number of nitrogens with one attached hydrogen (secondary N) is 1. The van der Waals surface area contributed by atoms with Crippen molar-refractivity contribution in [1.82, 2.24) is 14.7 Å². The highest BCUT2D eigenvalue weighted by molar-refractivity contribution is 7.32. The van der Waals surface area contributed by atoms with Crippen LogP contribution in [0.2, 0.25) is 0 Å². The Morgan fingerprint density at radius 3 is 3.00 bits per heavy atom. The minimum Gasteiger partial charge on any atom is -0.316 e. The second kappa shape index (κ2) is 7.13. The first-order chi connectivity index (χ1) is 7.22. The van der Waals surface area contributed by atoms with E-state index in [2.05, 4.69) is 47.0 Å². The first-order valence-corrected chi connectivity index (χ1v) is 6.30. The number of hydrogen-bond donors (Lipinski definition) is 1. The summed E-state index contributed by atoms with van der Waals surface area (Å²) in [4.78, 5) is 0. The van der Waals surface area contributed by atoms with Gasteiger partial charge in [0.25, 0.3) is 0 Å². The van der Waals surface area contributed by atoms with E-state index >= 15 is 0 Å². The first-order valence-electron chi connectivity index (χ1n) is 5.41. The van der Waals surface area contributed by atoms with E-state index in [1.807, 2.05) is 7.05 Å². The Morgan fingerprint density at radius 2 is 2.27 bits per heavy atom. The molecule has 0 aromatic carbocycles. The van der Waals surface area contributed by atoms with Gasteiger partial charge in [0, 0.05) is 28.5 Å². The highest BCUT2D eigenvalue weighted by Crippen LogP contribution is 2.23. The SMILES string of the molecule is CNCC=C/C1=C\CCN(C)PN(C)C1. The molecule has 15 heavy (non-hydrogen) atoms. The molecule has 3 nitrogen and oxygen atoms in total. The van der Waals surface area contributed by atoms with Gasteiger partial charge >= 0.3 is 0 Å². The van der Waals surface area contributed by atoms with Crippen molar-refractivity contribution in [2.24, 2.45) is 0 Å². The quantitative estimate of drug-likeness (QED) is 0.736. The molecule has 4 heteroatoms. The summed E-state index contributed by atoms with van der Waals surface area (Å²) in [5.41, 5.74) is 1.44. The molecule has 1 aliphatic heterocycles. The fraction of sp³-hybridized carbons (Fsp3) is 0.636. The zero-order valence-electron chi connectivity index (χ0n) is 9.95. The van der Waals surface area contributed by atoms with Crippen LogP contribution in [0.5, 0.6) is 0 Å². The van der Waals surface area contributed by atoms with E-state index in [0.29, 0.717) is 0 Å². The Morgan fingerprint density at radius 1 is 1.47 bits per heavy atom. The van der Waals surface area contributed by atoms with Crippen molar-refractivity contribution in [3.8, 4) is 0 Å². The minimum absolute atomic E-state index is 0.805. The Hall–Kier alpha value is -0.210. The molecule has 0 saturated carbocycles. The van der Waals surface area contributed by atoms with Crippen molar-refractivity contribution in [1.29, 1.82) is 0 Å². The van der Waals surface area contributed by atoms with E-state index in [-0.39, 0.29) is 0 Å². The van der Waals surface area contributed by atoms with E-state index in [1.165, 1.54) is 5.57 Å². The van der Waals surface area contributed by atoms with Crippen molar-refractivity contribution < 1.29 is 0 Å². The molecule has 0 amide bonds. The highest BCUT2D eigenvalue weighted by atomic mass is 31.1. The summed E-state index contributed by atoms with van der Waals surface area (Å²) >= 11 is 0. The maximum absolute atomic E-state index is 3.12. The van der Waals surface area contributed by atoms with Gasteiger partial charge in [-0.1, -0.05) is 18.2 Å². The fourth-order valence-corrected chi connectivity index (χ4v) is 2.67. The molecule has 1 heterocycles. The fourth-order valence-electron chi connectivity index (χ4n) is 1.61. The molecule has 1 rings (SSSR count). The Bertz CT molecular complexity index is 238. The zero-order valence-corrected chi connectivity index (χ0v) is 11.0. The maximum Gasteiger partial charge on any atom is 0.0275 e. The molecule has 0 bridgehead atoms. The summed E-state index contributed by atoms with van der Waals surface area (Å²) in [5, 5.41) is 3.12. The molecular weight excluding hydrogens is 205 g/mol. The lowest BCUT2D eigenvalue weighted by molar-refractivity contribution is 0.493. The lowest BCUT2D eigenvalue weighted by atomic mass is 10.2. The molecule has 0 aromatic rings. The van der Waals surface area contributed by atoms with Gasteiger partial charge in [-0.3, -0.25) is 9.34 Å². The van der Waals surface area contributed by atoms with Gasteiger partial charge in [0.15, 0.2) is 0 Å². The van der Waals surface area contributed by atoms with Gasteiger partial charge in [0.05, 0.1) is 0 Å². The molecule has 1 N–H and O–H groups in total. The van der Waals surface area contributed by atoms with Crippen molar-refractivity contribution >= 4 is 8.88 Å². The summed E-state index contributed by atoms with van der Waals surface area (Å²) in [6.45, 7) is 3.17. The van der Waals surface area contributed by atoms with Crippen LogP contribution in [0.1, 0.15) is 6.42 Å². The van der Waals surface area contributed by atoms with E-state index in [0.717, 1.165) is 34.9 Å². The van der Waals surface area contributed by atoms with Gasteiger partial charge in [-0.25, -0.2) is 0 Å². The number of rotatable bonds is 3. The molecule has 86 valence electrons. The van der Waals surface area contributed by atoms with Crippen LogP contribution in [-0.4, -0.2) is 50.1 Å². The van der Waals surface area contributed by atoms with Crippen LogP contribution in [0.3, 0.4) is 0 Å². The van der Waals surface area contributed by atoms with Crippen LogP contribution in [0.4, 0.5) is 0 Å². The van der Waals surface area contributed by atoms with Gasteiger partial charge in [-0.15, -0.1) is 0 Å². The maximum atomic E-state index is 3.12. The van der Waals surface area contributed by atoms with Gasteiger partial charge < -0.3 is 5.32 Å². The highest BCUT2D eigenvalue weighted by Gasteiger charge is 2.07. The Balaban J connectivity index is 2.51. The topological polar surface area (TPSA) is 18.5 Å². The molecule has 0 saturated heterocycles. The van der Waals surface area contributed by atoms with E-state index < -0.39 is 0 Å². The molecule has 1 aliphatic rings. The largest absolute Gasteiger partial charge is 0.316 e. The third-order valence-electron chi connectivity index (χ3n) is 2.29. The van der Waals surface area contributed by atoms with Gasteiger partial charge in [0.1, 0.15) is 0 Å². The normalized spacial score (nSPS) is 26.5. The zero-order chi connectivity index (χ0) is 11.1. The van der Waals surface area contributed by atoms with Gasteiger partial charge in [-0.2, -0.15) is 0 Å².